The van der Waals surface area contributed by atoms with Crippen LogP contribution in [0.1, 0.15) is 0 Å². The van der Waals surface area contributed by atoms with E-state index in [4.69, 9.17) is 15.3 Å². The van der Waals surface area contributed by atoms with Gasteiger partial charge in [-0.1, -0.05) is 0 Å². The van der Waals surface area contributed by atoms with Crippen LogP contribution in [0.25, 0.3) is 0 Å². The number of hydrogen-bond acceptors (Lipinski definition) is 3. The Kier molecular flexibility index (Phi) is 5.65. The minimum absolute atomic E-state index is 0. The van der Waals surface area contributed by atoms with Crippen LogP contribution in [0.3, 0.4) is 0 Å². The van der Waals surface area contributed by atoms with Crippen molar-refractivity contribution in [2.75, 3.05) is 0 Å². The molecule has 0 aromatic heterocycles. The molecule has 6 heteroatoms. The van der Waals surface area contributed by atoms with Crippen molar-refractivity contribution < 1.29 is 46.0 Å². The molecule has 0 aliphatic heterocycles. The molecule has 0 aromatic rings. The molecule has 0 saturated heterocycles. The van der Waals surface area contributed by atoms with Crippen molar-refractivity contribution in [2.24, 2.45) is 0 Å². The van der Waals surface area contributed by atoms with Crippen LogP contribution in [0.15, 0.2) is 0 Å². The molecule has 0 aliphatic carbocycles. The molecule has 0 bridgehead atoms. The molecule has 0 aromatic carbocycles. The van der Waals surface area contributed by atoms with E-state index in [2.05, 4.69) is 0 Å². The zero-order chi connectivity index (χ0) is 6.73. The van der Waals surface area contributed by atoms with Crippen LogP contribution in [0.5, 0.6) is 0 Å². The number of aliphatic carboxylic acids is 2. The van der Waals surface area contributed by atoms with E-state index in [1.165, 1.54) is 0 Å². The second kappa shape index (κ2) is 4.47. The van der Waals surface area contributed by atoms with Gasteiger partial charge in [-0.05, 0) is 0 Å². The van der Waals surface area contributed by atoms with Gasteiger partial charge in [0, 0.05) is 0 Å². The average molecular weight is 315 g/mol. The van der Waals surface area contributed by atoms with Gasteiger partial charge in [0.1, 0.15) is 0 Å². The molecule has 0 aliphatic rings. The Morgan fingerprint density at radius 1 is 1.11 bits per heavy atom. The fourth-order valence-electron chi connectivity index (χ4n) is 0.106. The average Bonchev–Trinajstić information content (AvgIpc) is 1.64. The Morgan fingerprint density at radius 3 is 1.33 bits per heavy atom. The normalized spacial score (nSPS) is 8.22. The number of aliphatic hydroxyl groups excluding tert-OH is 1. The zero-order valence-corrected chi connectivity index (χ0v) is 6.32. The van der Waals surface area contributed by atoms with Crippen LogP contribution in [-0.2, 0) is 30.7 Å². The smallest absolute Gasteiger partial charge is 0.479 e. The van der Waals surface area contributed by atoms with Gasteiger partial charge in [-0.2, -0.15) is 0 Å². The molecule has 0 unspecified atom stereocenters. The Bertz CT molecular complexity index is 107. The SMILES string of the molecule is O=C(O)C(O)C(=O)O.[Pt+2]. The molecule has 0 saturated carbocycles. The number of hydrogen-bond donors (Lipinski definition) is 3. The molecule has 5 nitrogen and oxygen atoms in total. The Morgan fingerprint density at radius 2 is 1.33 bits per heavy atom. The van der Waals surface area contributed by atoms with Gasteiger partial charge >= 0.3 is 33.0 Å². The largest absolute Gasteiger partial charge is 2.00 e. The van der Waals surface area contributed by atoms with Crippen molar-refractivity contribution in [3.63, 3.8) is 0 Å². The van der Waals surface area contributed by atoms with Gasteiger partial charge < -0.3 is 15.3 Å². The maximum absolute atomic E-state index is 9.51. The van der Waals surface area contributed by atoms with E-state index in [1.54, 1.807) is 0 Å². The molecule has 9 heavy (non-hydrogen) atoms. The van der Waals surface area contributed by atoms with E-state index in [0.29, 0.717) is 0 Å². The first-order chi connectivity index (χ1) is 3.55. The van der Waals surface area contributed by atoms with Crippen LogP contribution < -0.4 is 0 Å². The molecule has 0 fully saturated rings. The minimum atomic E-state index is -2.30. The van der Waals surface area contributed by atoms with Crippen LogP contribution in [0, 0.1) is 0 Å². The summed E-state index contributed by atoms with van der Waals surface area (Å²) in [6, 6.07) is 0. The zero-order valence-electron chi connectivity index (χ0n) is 4.05. The summed E-state index contributed by atoms with van der Waals surface area (Å²) in [4.78, 5) is 19.0. The summed E-state index contributed by atoms with van der Waals surface area (Å²) in [7, 11) is 0. The fraction of sp³-hybridized carbons (Fsp3) is 0.333. The maximum Gasteiger partial charge on any atom is 2.00 e. The van der Waals surface area contributed by atoms with E-state index in [9.17, 15) is 9.59 Å². The van der Waals surface area contributed by atoms with E-state index in [0.717, 1.165) is 0 Å². The van der Waals surface area contributed by atoms with E-state index < -0.39 is 18.0 Å². The summed E-state index contributed by atoms with van der Waals surface area (Å²) in [5.41, 5.74) is 0. The number of carbonyl (C=O) groups is 2. The topological polar surface area (TPSA) is 94.8 Å². The summed E-state index contributed by atoms with van der Waals surface area (Å²) < 4.78 is 0. The van der Waals surface area contributed by atoms with Crippen LogP contribution in [-0.4, -0.2) is 33.4 Å². The van der Waals surface area contributed by atoms with Gasteiger partial charge in [0.25, 0.3) is 0 Å². The molecule has 3 N–H and O–H groups in total. The van der Waals surface area contributed by atoms with Crippen molar-refractivity contribution >= 4 is 11.9 Å². The molecule has 0 heterocycles. The minimum Gasteiger partial charge on any atom is -0.479 e. The second-order valence-electron chi connectivity index (χ2n) is 1.08. The number of carboxylic acid groups (broad SMARTS) is 2. The predicted octanol–water partition coefficient (Wildman–Crippen LogP) is -1.49. The maximum atomic E-state index is 9.51. The van der Waals surface area contributed by atoms with E-state index in [1.807, 2.05) is 0 Å². The van der Waals surface area contributed by atoms with Gasteiger partial charge in [0.15, 0.2) is 0 Å². The van der Waals surface area contributed by atoms with Gasteiger partial charge in [0.05, 0.1) is 0 Å². The number of carboxylic acids is 2. The number of rotatable bonds is 2. The van der Waals surface area contributed by atoms with E-state index in [-0.39, 0.29) is 21.1 Å². The Hall–Kier alpha value is -0.412. The third-order valence-electron chi connectivity index (χ3n) is 0.468. The molecule has 0 spiro atoms. The van der Waals surface area contributed by atoms with Crippen molar-refractivity contribution in [3.05, 3.63) is 0 Å². The monoisotopic (exact) mass is 315 g/mol. The van der Waals surface area contributed by atoms with Crippen molar-refractivity contribution in [1.29, 1.82) is 0 Å². The first-order valence-electron chi connectivity index (χ1n) is 1.69. The quantitative estimate of drug-likeness (QED) is 0.540. The molecule has 0 atom stereocenters. The van der Waals surface area contributed by atoms with Crippen molar-refractivity contribution in [1.82, 2.24) is 0 Å². The summed E-state index contributed by atoms with van der Waals surface area (Å²) in [6.07, 6.45) is -2.30. The summed E-state index contributed by atoms with van der Waals surface area (Å²) in [5.74, 6) is -3.50. The molecule has 0 rings (SSSR count). The van der Waals surface area contributed by atoms with Gasteiger partial charge in [-0.15, -0.1) is 0 Å². The molecular formula is C3H4O5Pt+2. The first kappa shape index (κ1) is 11.4. The first-order valence-corrected chi connectivity index (χ1v) is 1.69. The predicted molar refractivity (Wildman–Crippen MR) is 21.3 cm³/mol. The van der Waals surface area contributed by atoms with Crippen LogP contribution in [0.2, 0.25) is 0 Å². The van der Waals surface area contributed by atoms with Crippen molar-refractivity contribution in [2.45, 2.75) is 6.10 Å². The van der Waals surface area contributed by atoms with Crippen LogP contribution >= 0.6 is 0 Å². The van der Waals surface area contributed by atoms with Crippen LogP contribution in [0.4, 0.5) is 0 Å². The van der Waals surface area contributed by atoms with Gasteiger partial charge in [0.2, 0.25) is 6.10 Å². The summed E-state index contributed by atoms with van der Waals surface area (Å²) in [5, 5.41) is 23.4. The second-order valence-corrected chi connectivity index (χ2v) is 1.08. The van der Waals surface area contributed by atoms with E-state index >= 15 is 0 Å². The molecule has 0 radical (unpaired) electrons. The number of aliphatic hydroxyl groups is 1. The fourth-order valence-corrected chi connectivity index (χ4v) is 0.106. The Balaban J connectivity index is 0. The third kappa shape index (κ3) is 4.12. The summed E-state index contributed by atoms with van der Waals surface area (Å²) in [6.45, 7) is 0. The Labute approximate surface area is 64.6 Å². The van der Waals surface area contributed by atoms with Gasteiger partial charge in [-0.25, -0.2) is 9.59 Å². The summed E-state index contributed by atoms with van der Waals surface area (Å²) >= 11 is 0. The molecule has 0 amide bonds. The molecule has 54 valence electrons. The standard InChI is InChI=1S/C3H4O5.Pt/c4-1(2(5)6)3(7)8;/h1,4H,(H,5,6)(H,7,8);/q;+2. The molecular weight excluding hydrogens is 311 g/mol. The van der Waals surface area contributed by atoms with Crippen molar-refractivity contribution in [3.8, 4) is 0 Å². The third-order valence-corrected chi connectivity index (χ3v) is 0.468. The van der Waals surface area contributed by atoms with Gasteiger partial charge in [-0.3, -0.25) is 0 Å².